The Morgan fingerprint density at radius 1 is 1.19 bits per heavy atom. The molecule has 0 unspecified atom stereocenters. The van der Waals surface area contributed by atoms with E-state index in [1.54, 1.807) is 19.6 Å². The Bertz CT molecular complexity index is 763. The summed E-state index contributed by atoms with van der Waals surface area (Å²) in [6.45, 7) is 2.59. The largest absolute Gasteiger partial charge is 0.497 e. The molecule has 1 aromatic carbocycles. The van der Waals surface area contributed by atoms with Crippen molar-refractivity contribution in [2.45, 2.75) is 20.1 Å². The van der Waals surface area contributed by atoms with Crippen molar-refractivity contribution in [3.63, 3.8) is 0 Å². The highest BCUT2D eigenvalue weighted by Crippen LogP contribution is 2.20. The second-order valence-electron chi connectivity index (χ2n) is 4.97. The van der Waals surface area contributed by atoms with Crippen LogP contribution in [0.3, 0.4) is 0 Å². The number of aliphatic hydroxyl groups excluding tert-OH is 1. The zero-order valence-electron chi connectivity index (χ0n) is 12.1. The van der Waals surface area contributed by atoms with Gasteiger partial charge in [-0.2, -0.15) is 0 Å². The minimum Gasteiger partial charge on any atom is -0.497 e. The van der Waals surface area contributed by atoms with Crippen LogP contribution < -0.4 is 4.74 Å². The summed E-state index contributed by atoms with van der Waals surface area (Å²) in [5, 5.41) is 9.48. The van der Waals surface area contributed by atoms with Crippen LogP contribution in [0.25, 0.3) is 11.2 Å². The summed E-state index contributed by atoms with van der Waals surface area (Å²) in [6, 6.07) is 7.91. The highest BCUT2D eigenvalue weighted by Gasteiger charge is 2.11. The lowest BCUT2D eigenvalue weighted by molar-refractivity contribution is 0.282. The Kier molecular flexibility index (Phi) is 3.58. The van der Waals surface area contributed by atoms with E-state index in [1.165, 1.54) is 0 Å². The minimum absolute atomic E-state index is 0.0234. The number of hydrogen-bond acceptors (Lipinski definition) is 4. The molecule has 2 heterocycles. The lowest BCUT2D eigenvalue weighted by Gasteiger charge is -2.07. The summed E-state index contributed by atoms with van der Waals surface area (Å²) in [6.07, 6.45) is 3.54. The molecule has 0 aliphatic rings. The Labute approximate surface area is 122 Å². The van der Waals surface area contributed by atoms with Gasteiger partial charge in [0.2, 0.25) is 0 Å². The molecular formula is C16H17N3O2. The van der Waals surface area contributed by atoms with Gasteiger partial charge in [-0.05, 0) is 30.2 Å². The molecule has 5 heteroatoms. The van der Waals surface area contributed by atoms with Crippen molar-refractivity contribution in [1.29, 1.82) is 0 Å². The lowest BCUT2D eigenvalue weighted by atomic mass is 10.1. The molecule has 0 amide bonds. The van der Waals surface area contributed by atoms with E-state index in [2.05, 4.69) is 9.97 Å². The summed E-state index contributed by atoms with van der Waals surface area (Å²) in [4.78, 5) is 8.84. The van der Waals surface area contributed by atoms with Crippen molar-refractivity contribution in [1.82, 2.24) is 14.5 Å². The maximum Gasteiger partial charge on any atom is 0.160 e. The summed E-state index contributed by atoms with van der Waals surface area (Å²) < 4.78 is 7.14. The molecule has 0 saturated carbocycles. The van der Waals surface area contributed by atoms with E-state index >= 15 is 0 Å². The first kappa shape index (κ1) is 13.6. The average Bonchev–Trinajstić information content (AvgIpc) is 2.91. The third kappa shape index (κ3) is 2.48. The first-order valence-electron chi connectivity index (χ1n) is 6.76. The van der Waals surface area contributed by atoms with Crippen LogP contribution in [0.5, 0.6) is 5.75 Å². The average molecular weight is 283 g/mol. The standard InChI is InChI=1S/C16H17N3O2/c1-11-7-17-16-15(14(11)9-20)18-10-19(16)8-12-3-5-13(21-2)6-4-12/h3-7,10,20H,8-9H2,1-2H3. The number of aryl methyl sites for hydroxylation is 1. The van der Waals surface area contributed by atoms with Crippen molar-refractivity contribution in [2.75, 3.05) is 7.11 Å². The first-order valence-corrected chi connectivity index (χ1v) is 6.76. The van der Waals surface area contributed by atoms with Gasteiger partial charge in [-0.1, -0.05) is 12.1 Å². The van der Waals surface area contributed by atoms with Gasteiger partial charge in [-0.3, -0.25) is 0 Å². The molecule has 0 radical (unpaired) electrons. The van der Waals surface area contributed by atoms with Crippen molar-refractivity contribution >= 4 is 11.2 Å². The Morgan fingerprint density at radius 3 is 2.62 bits per heavy atom. The maximum absolute atomic E-state index is 9.48. The van der Waals surface area contributed by atoms with Crippen LogP contribution in [0.4, 0.5) is 0 Å². The number of methoxy groups -OCH3 is 1. The molecule has 0 aliphatic heterocycles. The molecular weight excluding hydrogens is 266 g/mol. The summed E-state index contributed by atoms with van der Waals surface area (Å²) >= 11 is 0. The molecule has 21 heavy (non-hydrogen) atoms. The van der Waals surface area contributed by atoms with E-state index in [-0.39, 0.29) is 6.61 Å². The van der Waals surface area contributed by atoms with Crippen LogP contribution in [-0.4, -0.2) is 26.8 Å². The molecule has 0 bridgehead atoms. The number of aliphatic hydroxyl groups is 1. The number of ether oxygens (including phenoxy) is 1. The molecule has 0 fully saturated rings. The Balaban J connectivity index is 1.97. The number of rotatable bonds is 4. The summed E-state index contributed by atoms with van der Waals surface area (Å²) in [7, 11) is 1.65. The fraction of sp³-hybridized carbons (Fsp3) is 0.250. The van der Waals surface area contributed by atoms with Crippen LogP contribution in [0.1, 0.15) is 16.7 Å². The first-order chi connectivity index (χ1) is 10.2. The Morgan fingerprint density at radius 2 is 1.95 bits per heavy atom. The predicted molar refractivity (Wildman–Crippen MR) is 80.3 cm³/mol. The van der Waals surface area contributed by atoms with Crippen LogP contribution in [0.15, 0.2) is 36.8 Å². The molecule has 2 aromatic heterocycles. The fourth-order valence-corrected chi connectivity index (χ4v) is 2.39. The van der Waals surface area contributed by atoms with Gasteiger partial charge in [0, 0.05) is 11.8 Å². The number of hydrogen-bond donors (Lipinski definition) is 1. The second kappa shape index (κ2) is 5.54. The highest BCUT2D eigenvalue weighted by atomic mass is 16.5. The van der Waals surface area contributed by atoms with Gasteiger partial charge < -0.3 is 14.4 Å². The molecule has 0 saturated heterocycles. The van der Waals surface area contributed by atoms with Gasteiger partial charge in [0.15, 0.2) is 5.65 Å². The SMILES string of the molecule is COc1ccc(Cn2cnc3c(CO)c(C)cnc32)cc1. The number of benzene rings is 1. The smallest absolute Gasteiger partial charge is 0.160 e. The monoisotopic (exact) mass is 283 g/mol. The third-order valence-corrected chi connectivity index (χ3v) is 3.62. The molecule has 5 nitrogen and oxygen atoms in total. The Hall–Kier alpha value is -2.40. The van der Waals surface area contributed by atoms with E-state index in [0.29, 0.717) is 6.54 Å². The van der Waals surface area contributed by atoms with Crippen molar-refractivity contribution < 1.29 is 9.84 Å². The van der Waals surface area contributed by atoms with E-state index < -0.39 is 0 Å². The highest BCUT2D eigenvalue weighted by molar-refractivity contribution is 5.76. The fourth-order valence-electron chi connectivity index (χ4n) is 2.39. The quantitative estimate of drug-likeness (QED) is 0.798. The van der Waals surface area contributed by atoms with E-state index in [0.717, 1.165) is 33.6 Å². The molecule has 0 spiro atoms. The zero-order valence-corrected chi connectivity index (χ0v) is 12.1. The third-order valence-electron chi connectivity index (χ3n) is 3.62. The molecule has 1 N–H and O–H groups in total. The van der Waals surface area contributed by atoms with Crippen LogP contribution in [0, 0.1) is 6.92 Å². The predicted octanol–water partition coefficient (Wildman–Crippen LogP) is 2.29. The normalized spacial score (nSPS) is 11.0. The lowest BCUT2D eigenvalue weighted by Crippen LogP contribution is -2.00. The molecule has 0 atom stereocenters. The van der Waals surface area contributed by atoms with E-state index in [4.69, 9.17) is 4.74 Å². The number of pyridine rings is 1. The number of imidazole rings is 1. The molecule has 3 aromatic rings. The number of fused-ring (bicyclic) bond motifs is 1. The van der Waals surface area contributed by atoms with E-state index in [1.807, 2.05) is 35.8 Å². The molecule has 3 rings (SSSR count). The maximum atomic E-state index is 9.48. The second-order valence-corrected chi connectivity index (χ2v) is 4.97. The van der Waals surface area contributed by atoms with Gasteiger partial charge >= 0.3 is 0 Å². The van der Waals surface area contributed by atoms with Gasteiger partial charge in [0.25, 0.3) is 0 Å². The summed E-state index contributed by atoms with van der Waals surface area (Å²) in [5.74, 6) is 0.838. The minimum atomic E-state index is -0.0234. The van der Waals surface area contributed by atoms with Crippen LogP contribution in [0.2, 0.25) is 0 Å². The van der Waals surface area contributed by atoms with Gasteiger partial charge in [-0.15, -0.1) is 0 Å². The van der Waals surface area contributed by atoms with E-state index in [9.17, 15) is 5.11 Å². The molecule has 0 aliphatic carbocycles. The van der Waals surface area contributed by atoms with Gasteiger partial charge in [0.05, 0.1) is 26.6 Å². The number of nitrogens with zero attached hydrogens (tertiary/aromatic N) is 3. The van der Waals surface area contributed by atoms with Crippen molar-refractivity contribution in [3.05, 3.63) is 53.5 Å². The number of aromatic nitrogens is 3. The van der Waals surface area contributed by atoms with Gasteiger partial charge in [0.1, 0.15) is 11.3 Å². The van der Waals surface area contributed by atoms with Crippen molar-refractivity contribution in [2.24, 2.45) is 0 Å². The molecule has 108 valence electrons. The summed E-state index contributed by atoms with van der Waals surface area (Å²) in [5.41, 5.74) is 4.50. The van der Waals surface area contributed by atoms with Crippen molar-refractivity contribution in [3.8, 4) is 5.75 Å². The van der Waals surface area contributed by atoms with Crippen LogP contribution in [-0.2, 0) is 13.2 Å². The van der Waals surface area contributed by atoms with Gasteiger partial charge in [-0.25, -0.2) is 9.97 Å². The van der Waals surface area contributed by atoms with Crippen LogP contribution >= 0.6 is 0 Å². The zero-order chi connectivity index (χ0) is 14.8. The topological polar surface area (TPSA) is 60.2 Å².